The largest absolute Gasteiger partial charge is 0.280 e. The average molecular weight is 473 g/mol. The highest BCUT2D eigenvalue weighted by atomic mass is 35.5. The first kappa shape index (κ1) is 23.2. The van der Waals surface area contributed by atoms with Crippen molar-refractivity contribution in [3.05, 3.63) is 92.5 Å². The molecule has 0 saturated heterocycles. The maximum absolute atomic E-state index is 13.0. The summed E-state index contributed by atoms with van der Waals surface area (Å²) < 4.78 is 28.5. The zero-order valence-electron chi connectivity index (χ0n) is 17.6. The van der Waals surface area contributed by atoms with E-state index in [1.54, 1.807) is 6.92 Å². The minimum absolute atomic E-state index is 0.0975. The number of anilines is 2. The maximum atomic E-state index is 13.0. The number of hydrazone groups is 1. The summed E-state index contributed by atoms with van der Waals surface area (Å²) in [5.74, 6) is 0. The molecule has 0 aliphatic heterocycles. The Morgan fingerprint density at radius 3 is 2.31 bits per heavy atom. The molecule has 0 unspecified atom stereocenters. The second-order valence-corrected chi connectivity index (χ2v) is 9.25. The molecule has 0 aromatic heterocycles. The van der Waals surface area contributed by atoms with Crippen LogP contribution in [0.1, 0.15) is 23.6 Å². The third kappa shape index (κ3) is 5.43. The number of nitrogens with one attached hydrogen (secondary N) is 2. The topological polar surface area (TPSA) is 114 Å². The van der Waals surface area contributed by atoms with Gasteiger partial charge < -0.3 is 0 Å². The van der Waals surface area contributed by atoms with Gasteiger partial charge in [-0.25, -0.2) is 8.42 Å². The van der Waals surface area contributed by atoms with Crippen molar-refractivity contribution in [3.63, 3.8) is 0 Å². The molecule has 0 atom stereocenters. The van der Waals surface area contributed by atoms with E-state index in [0.29, 0.717) is 10.7 Å². The summed E-state index contributed by atoms with van der Waals surface area (Å²) in [4.78, 5) is 10.3. The number of nitro benzene ring substituents is 1. The Hall–Kier alpha value is -3.43. The Bertz CT molecular complexity index is 1310. The molecule has 32 heavy (non-hydrogen) atoms. The molecule has 0 saturated carbocycles. The molecule has 0 radical (unpaired) electrons. The Kier molecular flexibility index (Phi) is 6.81. The van der Waals surface area contributed by atoms with Gasteiger partial charge in [0.15, 0.2) is 0 Å². The van der Waals surface area contributed by atoms with Crippen LogP contribution >= 0.6 is 11.6 Å². The van der Waals surface area contributed by atoms with E-state index in [4.69, 9.17) is 11.6 Å². The number of sulfonamides is 1. The fourth-order valence-electron chi connectivity index (χ4n) is 2.84. The first-order valence-corrected chi connectivity index (χ1v) is 11.4. The number of rotatable bonds is 7. The smallest absolute Gasteiger partial charge is 0.270 e. The average Bonchev–Trinajstić information content (AvgIpc) is 2.75. The lowest BCUT2D eigenvalue weighted by molar-refractivity contribution is -0.385. The van der Waals surface area contributed by atoms with E-state index >= 15 is 0 Å². The first-order valence-electron chi connectivity index (χ1n) is 9.51. The summed E-state index contributed by atoms with van der Waals surface area (Å²) in [7, 11) is -4.17. The highest BCUT2D eigenvalue weighted by Gasteiger charge is 2.23. The second kappa shape index (κ2) is 9.37. The third-order valence-electron chi connectivity index (χ3n) is 4.83. The second-order valence-electron chi connectivity index (χ2n) is 7.16. The standard InChI is InChI=1S/C22H21ClN4O4S/c1-14-4-5-17(12-15(14)2)16(3)24-25-21-11-10-20(27(28)29)13-22(21)32(30,31)26-19-8-6-18(23)7-9-19/h4-13,25-26H,1-3H3. The Labute approximate surface area is 191 Å². The minimum atomic E-state index is -4.17. The summed E-state index contributed by atoms with van der Waals surface area (Å²) >= 11 is 5.84. The Balaban J connectivity index is 1.97. The van der Waals surface area contributed by atoms with Gasteiger partial charge in [-0.1, -0.05) is 23.7 Å². The number of nitrogens with zero attached hydrogens (tertiary/aromatic N) is 2. The monoisotopic (exact) mass is 472 g/mol. The molecule has 8 nitrogen and oxygen atoms in total. The lowest BCUT2D eigenvalue weighted by Crippen LogP contribution is -2.15. The number of hydrogen-bond donors (Lipinski definition) is 2. The van der Waals surface area contributed by atoms with Crippen LogP contribution in [0.25, 0.3) is 0 Å². The van der Waals surface area contributed by atoms with Gasteiger partial charge in [0.05, 0.1) is 16.3 Å². The van der Waals surface area contributed by atoms with Crippen molar-refractivity contribution in [2.45, 2.75) is 25.7 Å². The van der Waals surface area contributed by atoms with Crippen LogP contribution in [0.2, 0.25) is 5.02 Å². The van der Waals surface area contributed by atoms with E-state index in [9.17, 15) is 18.5 Å². The first-order chi connectivity index (χ1) is 15.1. The van der Waals surface area contributed by atoms with Gasteiger partial charge in [-0.05, 0) is 73.9 Å². The predicted octanol–water partition coefficient (Wildman–Crippen LogP) is 5.50. The molecular formula is C22H21ClN4O4S. The summed E-state index contributed by atoms with van der Waals surface area (Å²) in [5.41, 5.74) is 6.48. The van der Waals surface area contributed by atoms with E-state index in [1.165, 1.54) is 36.4 Å². The van der Waals surface area contributed by atoms with Crippen LogP contribution in [0.4, 0.5) is 17.1 Å². The maximum Gasteiger partial charge on any atom is 0.270 e. The van der Waals surface area contributed by atoms with E-state index < -0.39 is 14.9 Å². The number of halogens is 1. The quantitative estimate of drug-likeness (QED) is 0.267. The molecule has 10 heteroatoms. The van der Waals surface area contributed by atoms with Gasteiger partial charge in [0.1, 0.15) is 4.90 Å². The molecule has 3 aromatic carbocycles. The molecule has 0 heterocycles. The van der Waals surface area contributed by atoms with Gasteiger partial charge in [-0.15, -0.1) is 0 Å². The minimum Gasteiger partial charge on any atom is -0.280 e. The number of aryl methyl sites for hydroxylation is 2. The van der Waals surface area contributed by atoms with E-state index in [1.807, 2.05) is 32.0 Å². The molecule has 3 rings (SSSR count). The van der Waals surface area contributed by atoms with Crippen molar-refractivity contribution >= 4 is 44.4 Å². The predicted molar refractivity (Wildman–Crippen MR) is 127 cm³/mol. The van der Waals surface area contributed by atoms with Crippen LogP contribution in [0.5, 0.6) is 0 Å². The molecule has 166 valence electrons. The van der Waals surface area contributed by atoms with E-state index in [0.717, 1.165) is 22.8 Å². The molecule has 2 N–H and O–H groups in total. The van der Waals surface area contributed by atoms with Crippen molar-refractivity contribution in [3.8, 4) is 0 Å². The number of benzene rings is 3. The molecule has 0 fully saturated rings. The zero-order chi connectivity index (χ0) is 23.5. The zero-order valence-corrected chi connectivity index (χ0v) is 19.2. The van der Waals surface area contributed by atoms with Crippen LogP contribution in [-0.4, -0.2) is 19.1 Å². The Morgan fingerprint density at radius 2 is 1.69 bits per heavy atom. The van der Waals surface area contributed by atoms with Crippen molar-refractivity contribution in [1.29, 1.82) is 0 Å². The van der Waals surface area contributed by atoms with Crippen LogP contribution in [0.15, 0.2) is 70.7 Å². The Morgan fingerprint density at radius 1 is 1.00 bits per heavy atom. The fraction of sp³-hybridized carbons (Fsp3) is 0.136. The summed E-state index contributed by atoms with van der Waals surface area (Å²) in [5, 5.41) is 16.0. The highest BCUT2D eigenvalue weighted by molar-refractivity contribution is 7.92. The molecule has 0 bridgehead atoms. The van der Waals surface area contributed by atoms with Gasteiger partial charge in [0, 0.05) is 22.8 Å². The molecule has 0 spiro atoms. The van der Waals surface area contributed by atoms with Gasteiger partial charge in [0.2, 0.25) is 0 Å². The fourth-order valence-corrected chi connectivity index (χ4v) is 4.20. The van der Waals surface area contributed by atoms with Gasteiger partial charge >= 0.3 is 0 Å². The van der Waals surface area contributed by atoms with Gasteiger partial charge in [-0.2, -0.15) is 5.10 Å². The van der Waals surface area contributed by atoms with Crippen LogP contribution in [-0.2, 0) is 10.0 Å². The van der Waals surface area contributed by atoms with E-state index in [2.05, 4.69) is 15.2 Å². The summed E-state index contributed by atoms with van der Waals surface area (Å²) in [6.07, 6.45) is 0. The lowest BCUT2D eigenvalue weighted by atomic mass is 10.0. The lowest BCUT2D eigenvalue weighted by Gasteiger charge is -2.13. The molecule has 0 amide bonds. The van der Waals surface area contributed by atoms with Crippen LogP contribution in [0, 0.1) is 24.0 Å². The van der Waals surface area contributed by atoms with Crippen molar-refractivity contribution in [1.82, 2.24) is 0 Å². The van der Waals surface area contributed by atoms with Crippen molar-refractivity contribution < 1.29 is 13.3 Å². The third-order valence-corrected chi connectivity index (χ3v) is 6.50. The normalized spacial score (nSPS) is 11.8. The van der Waals surface area contributed by atoms with Crippen molar-refractivity contribution in [2.24, 2.45) is 5.10 Å². The SMILES string of the molecule is CC(=NNc1ccc([N+](=O)[O-])cc1S(=O)(=O)Nc1ccc(Cl)cc1)c1ccc(C)c(C)c1. The van der Waals surface area contributed by atoms with Crippen LogP contribution < -0.4 is 10.1 Å². The summed E-state index contributed by atoms with van der Waals surface area (Å²) in [6.45, 7) is 5.77. The molecule has 0 aliphatic rings. The summed E-state index contributed by atoms with van der Waals surface area (Å²) in [6, 6.07) is 15.4. The van der Waals surface area contributed by atoms with Gasteiger partial charge in [-0.3, -0.25) is 20.3 Å². The molecular weight excluding hydrogens is 452 g/mol. The van der Waals surface area contributed by atoms with Gasteiger partial charge in [0.25, 0.3) is 15.7 Å². The highest BCUT2D eigenvalue weighted by Crippen LogP contribution is 2.29. The van der Waals surface area contributed by atoms with E-state index in [-0.39, 0.29) is 22.0 Å². The van der Waals surface area contributed by atoms with Crippen molar-refractivity contribution in [2.75, 3.05) is 10.1 Å². The number of hydrogen-bond acceptors (Lipinski definition) is 6. The van der Waals surface area contributed by atoms with Crippen LogP contribution in [0.3, 0.4) is 0 Å². The molecule has 0 aliphatic carbocycles. The number of non-ortho nitro benzene ring substituents is 1. The molecule has 3 aromatic rings. The number of nitro groups is 1.